The Hall–Kier alpha value is -1.95. The lowest BCUT2D eigenvalue weighted by Crippen LogP contribution is -2.40. The largest absolute Gasteiger partial charge is 0.354 e. The third-order valence-corrected chi connectivity index (χ3v) is 4.78. The van der Waals surface area contributed by atoms with Gasteiger partial charge >= 0.3 is 0 Å². The molecular weight excluding hydrogens is 319 g/mol. The summed E-state index contributed by atoms with van der Waals surface area (Å²) in [6, 6.07) is 4.51. The predicted molar refractivity (Wildman–Crippen MR) is 84.6 cm³/mol. The van der Waals surface area contributed by atoms with Crippen LogP contribution < -0.4 is 5.32 Å². The van der Waals surface area contributed by atoms with Crippen LogP contribution in [0.15, 0.2) is 30.6 Å². The van der Waals surface area contributed by atoms with Crippen molar-refractivity contribution in [1.82, 2.24) is 20.3 Å². The maximum atomic E-state index is 13.3. The Morgan fingerprint density at radius 2 is 2.17 bits per heavy atom. The Balaban J connectivity index is 1.72. The molecule has 0 saturated heterocycles. The number of rotatable bonds is 5. The number of nitrogens with one attached hydrogen (secondary N) is 1. The number of aromatic nitrogens is 3. The highest BCUT2D eigenvalue weighted by atomic mass is 35.5. The molecule has 1 aliphatic rings. The summed E-state index contributed by atoms with van der Waals surface area (Å²) in [7, 11) is 0. The Labute approximate surface area is 138 Å². The summed E-state index contributed by atoms with van der Waals surface area (Å²) >= 11 is 6.25. The van der Waals surface area contributed by atoms with Gasteiger partial charge in [-0.05, 0) is 30.5 Å². The number of nitrogens with zero attached hydrogens (tertiary/aromatic N) is 3. The Kier molecular flexibility index (Phi) is 4.61. The van der Waals surface area contributed by atoms with Gasteiger partial charge in [0.05, 0.1) is 6.20 Å². The van der Waals surface area contributed by atoms with Crippen molar-refractivity contribution in [3.8, 4) is 0 Å². The van der Waals surface area contributed by atoms with Crippen LogP contribution in [0.5, 0.6) is 0 Å². The second kappa shape index (κ2) is 6.66. The molecule has 1 aromatic heterocycles. The number of carbonyl (C=O) groups is 1. The zero-order valence-corrected chi connectivity index (χ0v) is 13.4. The van der Waals surface area contributed by atoms with Gasteiger partial charge in [-0.2, -0.15) is 0 Å². The third kappa shape index (κ3) is 3.52. The van der Waals surface area contributed by atoms with Crippen LogP contribution in [-0.2, 0) is 16.8 Å². The van der Waals surface area contributed by atoms with Gasteiger partial charge in [0.1, 0.15) is 12.4 Å². The van der Waals surface area contributed by atoms with E-state index in [4.69, 9.17) is 11.6 Å². The molecule has 0 bridgehead atoms. The number of hydrogen-bond donors (Lipinski definition) is 1. The zero-order chi connectivity index (χ0) is 16.3. The van der Waals surface area contributed by atoms with Gasteiger partial charge in [0.25, 0.3) is 0 Å². The number of benzene rings is 1. The number of halogens is 2. The van der Waals surface area contributed by atoms with Gasteiger partial charge in [-0.25, -0.2) is 9.07 Å². The molecule has 2 aromatic rings. The molecule has 1 N–H and O–H groups in total. The lowest BCUT2D eigenvalue weighted by molar-refractivity contribution is -0.122. The van der Waals surface area contributed by atoms with Crippen LogP contribution in [0.25, 0.3) is 0 Å². The van der Waals surface area contributed by atoms with Crippen molar-refractivity contribution in [3.63, 3.8) is 0 Å². The standard InChI is InChI=1S/C16H18ClFN4O/c17-14-9-12(18)3-4-13(14)16(5-1-2-6-16)11-19-15(23)10-22-8-7-20-21-22/h3-4,7-9H,1-2,5-6,10-11H2,(H,19,23). The Morgan fingerprint density at radius 3 is 2.83 bits per heavy atom. The van der Waals surface area contributed by atoms with Crippen molar-refractivity contribution >= 4 is 17.5 Å². The molecule has 1 saturated carbocycles. The van der Waals surface area contributed by atoms with Crippen LogP contribution >= 0.6 is 11.6 Å². The molecule has 7 heteroatoms. The van der Waals surface area contributed by atoms with E-state index in [-0.39, 0.29) is 23.7 Å². The summed E-state index contributed by atoms with van der Waals surface area (Å²) in [6.07, 6.45) is 7.19. The quantitative estimate of drug-likeness (QED) is 0.913. The van der Waals surface area contributed by atoms with Crippen molar-refractivity contribution in [2.45, 2.75) is 37.6 Å². The molecule has 0 atom stereocenters. The molecule has 1 heterocycles. The maximum Gasteiger partial charge on any atom is 0.241 e. The monoisotopic (exact) mass is 336 g/mol. The first kappa shape index (κ1) is 15.9. The van der Waals surface area contributed by atoms with Crippen molar-refractivity contribution in [2.24, 2.45) is 0 Å². The van der Waals surface area contributed by atoms with Crippen LogP contribution in [0.2, 0.25) is 5.02 Å². The first-order chi connectivity index (χ1) is 11.1. The van der Waals surface area contributed by atoms with Crippen LogP contribution in [0.4, 0.5) is 4.39 Å². The van der Waals surface area contributed by atoms with E-state index < -0.39 is 0 Å². The molecule has 122 valence electrons. The smallest absolute Gasteiger partial charge is 0.241 e. The Bertz CT molecular complexity index is 683. The van der Waals surface area contributed by atoms with Gasteiger partial charge < -0.3 is 5.32 Å². The van der Waals surface area contributed by atoms with E-state index in [0.717, 1.165) is 31.2 Å². The highest BCUT2D eigenvalue weighted by Gasteiger charge is 2.37. The summed E-state index contributed by atoms with van der Waals surface area (Å²) < 4.78 is 14.8. The van der Waals surface area contributed by atoms with E-state index in [1.165, 1.54) is 23.0 Å². The number of carbonyl (C=O) groups excluding carboxylic acids is 1. The molecule has 0 spiro atoms. The molecule has 0 unspecified atom stereocenters. The topological polar surface area (TPSA) is 59.8 Å². The average Bonchev–Trinajstić information content (AvgIpc) is 3.17. The summed E-state index contributed by atoms with van der Waals surface area (Å²) in [5.74, 6) is -0.470. The summed E-state index contributed by atoms with van der Waals surface area (Å²) in [5, 5.41) is 10.8. The fourth-order valence-corrected chi connectivity index (χ4v) is 3.67. The number of hydrogen-bond acceptors (Lipinski definition) is 3. The van der Waals surface area contributed by atoms with Crippen LogP contribution in [-0.4, -0.2) is 27.4 Å². The van der Waals surface area contributed by atoms with Crippen LogP contribution in [0.1, 0.15) is 31.2 Å². The van der Waals surface area contributed by atoms with Gasteiger partial charge in [0.2, 0.25) is 5.91 Å². The fraction of sp³-hybridized carbons (Fsp3) is 0.438. The second-order valence-electron chi connectivity index (χ2n) is 5.99. The summed E-state index contributed by atoms with van der Waals surface area (Å²) in [4.78, 5) is 12.1. The molecule has 0 radical (unpaired) electrons. The van der Waals surface area contributed by atoms with Gasteiger partial charge in [0, 0.05) is 23.2 Å². The van der Waals surface area contributed by atoms with Crippen molar-refractivity contribution in [3.05, 3.63) is 47.0 Å². The molecule has 1 fully saturated rings. The lowest BCUT2D eigenvalue weighted by atomic mass is 9.78. The van der Waals surface area contributed by atoms with Crippen molar-refractivity contribution in [2.75, 3.05) is 6.54 Å². The molecule has 1 aromatic carbocycles. The molecular formula is C16H18ClFN4O. The average molecular weight is 337 g/mol. The summed E-state index contributed by atoms with van der Waals surface area (Å²) in [6.45, 7) is 0.624. The second-order valence-corrected chi connectivity index (χ2v) is 6.40. The number of amides is 1. The normalized spacial score (nSPS) is 16.4. The minimum Gasteiger partial charge on any atom is -0.354 e. The SMILES string of the molecule is O=C(Cn1ccnn1)NCC1(c2ccc(F)cc2Cl)CCCC1. The lowest BCUT2D eigenvalue weighted by Gasteiger charge is -2.31. The molecule has 1 amide bonds. The minimum absolute atomic E-state index is 0.125. The van der Waals surface area contributed by atoms with Gasteiger partial charge in [0.15, 0.2) is 0 Å². The Morgan fingerprint density at radius 1 is 1.39 bits per heavy atom. The first-order valence-electron chi connectivity index (χ1n) is 7.65. The molecule has 3 rings (SSSR count). The highest BCUT2D eigenvalue weighted by Crippen LogP contribution is 2.43. The van der Waals surface area contributed by atoms with Gasteiger partial charge in [-0.15, -0.1) is 5.10 Å². The molecule has 0 aliphatic heterocycles. The van der Waals surface area contributed by atoms with Crippen LogP contribution in [0, 0.1) is 5.82 Å². The molecule has 23 heavy (non-hydrogen) atoms. The van der Waals surface area contributed by atoms with E-state index in [2.05, 4.69) is 15.6 Å². The van der Waals surface area contributed by atoms with Crippen LogP contribution in [0.3, 0.4) is 0 Å². The third-order valence-electron chi connectivity index (χ3n) is 4.46. The maximum absolute atomic E-state index is 13.3. The zero-order valence-electron chi connectivity index (χ0n) is 12.6. The molecule has 5 nitrogen and oxygen atoms in total. The summed E-state index contributed by atoms with van der Waals surface area (Å²) in [5.41, 5.74) is 0.696. The van der Waals surface area contributed by atoms with E-state index in [1.54, 1.807) is 12.3 Å². The van der Waals surface area contributed by atoms with Crippen molar-refractivity contribution in [1.29, 1.82) is 0 Å². The van der Waals surface area contributed by atoms with E-state index in [1.807, 2.05) is 0 Å². The van der Waals surface area contributed by atoms with E-state index >= 15 is 0 Å². The predicted octanol–water partition coefficient (Wildman–Crippen LogP) is 2.70. The van der Waals surface area contributed by atoms with Gasteiger partial charge in [-0.1, -0.05) is 35.7 Å². The van der Waals surface area contributed by atoms with Crippen molar-refractivity contribution < 1.29 is 9.18 Å². The van der Waals surface area contributed by atoms with E-state index in [9.17, 15) is 9.18 Å². The van der Waals surface area contributed by atoms with E-state index in [0.29, 0.717) is 11.6 Å². The molecule has 1 aliphatic carbocycles. The fourth-order valence-electron chi connectivity index (χ4n) is 3.30. The highest BCUT2D eigenvalue weighted by molar-refractivity contribution is 6.31. The minimum atomic E-state index is -0.345. The van der Waals surface area contributed by atoms with Gasteiger partial charge in [-0.3, -0.25) is 4.79 Å². The first-order valence-corrected chi connectivity index (χ1v) is 8.03.